The first kappa shape index (κ1) is 15.1. The number of hydrogen-bond donors (Lipinski definition) is 1. The van der Waals surface area contributed by atoms with E-state index < -0.39 is 0 Å². The molecule has 0 unspecified atom stereocenters. The third-order valence-electron chi connectivity index (χ3n) is 3.81. The molecule has 2 nitrogen and oxygen atoms in total. The molecule has 2 aromatic rings. The van der Waals surface area contributed by atoms with Crippen LogP contribution < -0.4 is 5.32 Å². The second-order valence-electron chi connectivity index (χ2n) is 6.50. The van der Waals surface area contributed by atoms with Crippen molar-refractivity contribution in [2.45, 2.75) is 59.4 Å². The van der Waals surface area contributed by atoms with E-state index in [1.165, 1.54) is 16.5 Å². The SMILES string of the molecule is CCCNCc1oc2ccc(C(C)(C)C)cc2c1CC. The molecule has 110 valence electrons. The van der Waals surface area contributed by atoms with Gasteiger partial charge in [0.2, 0.25) is 0 Å². The Labute approximate surface area is 122 Å². The molecule has 0 atom stereocenters. The lowest BCUT2D eigenvalue weighted by Gasteiger charge is -2.18. The molecule has 0 bridgehead atoms. The van der Waals surface area contributed by atoms with E-state index in [1.54, 1.807) is 0 Å². The van der Waals surface area contributed by atoms with Crippen molar-refractivity contribution in [1.29, 1.82) is 0 Å². The molecular formula is C18H27NO. The fourth-order valence-corrected chi connectivity index (χ4v) is 2.57. The number of rotatable bonds is 5. The van der Waals surface area contributed by atoms with Crippen molar-refractivity contribution < 1.29 is 4.42 Å². The molecular weight excluding hydrogens is 246 g/mol. The van der Waals surface area contributed by atoms with Gasteiger partial charge in [0, 0.05) is 10.9 Å². The summed E-state index contributed by atoms with van der Waals surface area (Å²) in [5, 5.41) is 4.72. The third kappa shape index (κ3) is 3.06. The summed E-state index contributed by atoms with van der Waals surface area (Å²) in [6.45, 7) is 13.0. The van der Waals surface area contributed by atoms with Crippen molar-refractivity contribution in [2.75, 3.05) is 6.54 Å². The van der Waals surface area contributed by atoms with E-state index in [2.05, 4.69) is 58.1 Å². The lowest BCUT2D eigenvalue weighted by atomic mass is 9.86. The smallest absolute Gasteiger partial charge is 0.134 e. The average Bonchev–Trinajstić information content (AvgIpc) is 2.74. The van der Waals surface area contributed by atoms with Crippen LogP contribution in [-0.4, -0.2) is 6.54 Å². The molecule has 0 fully saturated rings. The second kappa shape index (κ2) is 6.01. The molecule has 0 aliphatic rings. The average molecular weight is 273 g/mol. The molecule has 0 amide bonds. The van der Waals surface area contributed by atoms with Gasteiger partial charge in [-0.3, -0.25) is 0 Å². The summed E-state index contributed by atoms with van der Waals surface area (Å²) in [7, 11) is 0. The van der Waals surface area contributed by atoms with Crippen LogP contribution in [-0.2, 0) is 18.4 Å². The summed E-state index contributed by atoms with van der Waals surface area (Å²) in [5.41, 5.74) is 3.92. The highest BCUT2D eigenvalue weighted by molar-refractivity contribution is 5.83. The summed E-state index contributed by atoms with van der Waals surface area (Å²) < 4.78 is 6.04. The Morgan fingerprint density at radius 1 is 1.15 bits per heavy atom. The monoisotopic (exact) mass is 273 g/mol. The molecule has 2 heteroatoms. The third-order valence-corrected chi connectivity index (χ3v) is 3.81. The molecule has 0 saturated carbocycles. The van der Waals surface area contributed by atoms with Crippen molar-refractivity contribution in [1.82, 2.24) is 5.32 Å². The van der Waals surface area contributed by atoms with Crippen LogP contribution in [0.2, 0.25) is 0 Å². The van der Waals surface area contributed by atoms with Crippen LogP contribution in [0.15, 0.2) is 22.6 Å². The maximum absolute atomic E-state index is 6.04. The van der Waals surface area contributed by atoms with Gasteiger partial charge >= 0.3 is 0 Å². The topological polar surface area (TPSA) is 25.2 Å². The van der Waals surface area contributed by atoms with Crippen molar-refractivity contribution >= 4 is 11.0 Å². The molecule has 1 heterocycles. The molecule has 1 N–H and O–H groups in total. The number of aryl methyl sites for hydroxylation is 1. The van der Waals surface area contributed by atoms with E-state index in [9.17, 15) is 0 Å². The highest BCUT2D eigenvalue weighted by Gasteiger charge is 2.18. The number of nitrogens with one attached hydrogen (secondary N) is 1. The largest absolute Gasteiger partial charge is 0.459 e. The van der Waals surface area contributed by atoms with Crippen LogP contribution in [0.3, 0.4) is 0 Å². The second-order valence-corrected chi connectivity index (χ2v) is 6.50. The summed E-state index contributed by atoms with van der Waals surface area (Å²) >= 11 is 0. The molecule has 20 heavy (non-hydrogen) atoms. The molecule has 0 spiro atoms. The number of fused-ring (bicyclic) bond motifs is 1. The minimum Gasteiger partial charge on any atom is -0.459 e. The Balaban J connectivity index is 2.41. The summed E-state index contributed by atoms with van der Waals surface area (Å²) in [6.07, 6.45) is 2.17. The van der Waals surface area contributed by atoms with Crippen LogP contribution in [0, 0.1) is 0 Å². The van der Waals surface area contributed by atoms with E-state index in [-0.39, 0.29) is 5.41 Å². The number of hydrogen-bond acceptors (Lipinski definition) is 2. The maximum Gasteiger partial charge on any atom is 0.134 e. The molecule has 1 aromatic carbocycles. The highest BCUT2D eigenvalue weighted by atomic mass is 16.3. The Morgan fingerprint density at radius 3 is 2.50 bits per heavy atom. The van der Waals surface area contributed by atoms with Crippen molar-refractivity contribution in [3.63, 3.8) is 0 Å². The predicted molar refractivity (Wildman–Crippen MR) is 86.3 cm³/mol. The molecule has 2 rings (SSSR count). The zero-order valence-electron chi connectivity index (χ0n) is 13.5. The Bertz CT molecular complexity index is 575. The van der Waals surface area contributed by atoms with Crippen LogP contribution in [0.5, 0.6) is 0 Å². The molecule has 0 radical (unpaired) electrons. The van der Waals surface area contributed by atoms with Gasteiger partial charge in [-0.05, 0) is 42.5 Å². The van der Waals surface area contributed by atoms with Crippen LogP contribution in [0.4, 0.5) is 0 Å². The van der Waals surface area contributed by atoms with Gasteiger partial charge in [-0.15, -0.1) is 0 Å². The molecule has 0 aliphatic heterocycles. The van der Waals surface area contributed by atoms with Crippen molar-refractivity contribution in [3.05, 3.63) is 35.1 Å². The van der Waals surface area contributed by atoms with E-state index in [0.717, 1.165) is 37.3 Å². The van der Waals surface area contributed by atoms with Gasteiger partial charge in [0.15, 0.2) is 0 Å². The normalized spacial score (nSPS) is 12.2. The van der Waals surface area contributed by atoms with E-state index in [4.69, 9.17) is 4.42 Å². The van der Waals surface area contributed by atoms with Crippen molar-refractivity contribution in [3.8, 4) is 0 Å². The minimum atomic E-state index is 0.178. The van der Waals surface area contributed by atoms with Gasteiger partial charge < -0.3 is 9.73 Å². The summed E-state index contributed by atoms with van der Waals surface area (Å²) in [4.78, 5) is 0. The standard InChI is InChI=1S/C18H27NO/c1-6-10-19-12-17-14(7-2)15-11-13(18(3,4)5)8-9-16(15)20-17/h8-9,11,19H,6-7,10,12H2,1-5H3. The van der Waals surface area contributed by atoms with Gasteiger partial charge in [-0.2, -0.15) is 0 Å². The first-order valence-corrected chi connectivity index (χ1v) is 7.72. The van der Waals surface area contributed by atoms with Gasteiger partial charge in [-0.25, -0.2) is 0 Å². The first-order valence-electron chi connectivity index (χ1n) is 7.72. The minimum absolute atomic E-state index is 0.178. The van der Waals surface area contributed by atoms with Crippen LogP contribution in [0.25, 0.3) is 11.0 Å². The van der Waals surface area contributed by atoms with E-state index >= 15 is 0 Å². The quantitative estimate of drug-likeness (QED) is 0.792. The summed E-state index contributed by atoms with van der Waals surface area (Å²) in [5.74, 6) is 1.10. The van der Waals surface area contributed by atoms with Crippen LogP contribution >= 0.6 is 0 Å². The highest BCUT2D eigenvalue weighted by Crippen LogP contribution is 2.31. The van der Waals surface area contributed by atoms with E-state index in [1.807, 2.05) is 0 Å². The zero-order valence-corrected chi connectivity index (χ0v) is 13.5. The number of furan rings is 1. The lowest BCUT2D eigenvalue weighted by molar-refractivity contribution is 0.508. The van der Waals surface area contributed by atoms with Gasteiger partial charge in [-0.1, -0.05) is 40.7 Å². The molecule has 0 aliphatic carbocycles. The number of benzene rings is 1. The summed E-state index contributed by atoms with van der Waals surface area (Å²) in [6, 6.07) is 6.62. The zero-order chi connectivity index (χ0) is 14.8. The molecule has 0 saturated heterocycles. The van der Waals surface area contributed by atoms with E-state index in [0.29, 0.717) is 0 Å². The van der Waals surface area contributed by atoms with Crippen molar-refractivity contribution in [2.24, 2.45) is 0 Å². The maximum atomic E-state index is 6.04. The molecule has 1 aromatic heterocycles. The van der Waals surface area contributed by atoms with Gasteiger partial charge in [0.1, 0.15) is 11.3 Å². The predicted octanol–water partition coefficient (Wildman–Crippen LogP) is 4.79. The lowest BCUT2D eigenvalue weighted by Crippen LogP contribution is -2.14. The van der Waals surface area contributed by atoms with Gasteiger partial charge in [0.25, 0.3) is 0 Å². The fraction of sp³-hybridized carbons (Fsp3) is 0.556. The Hall–Kier alpha value is -1.28. The first-order chi connectivity index (χ1) is 9.47. The Morgan fingerprint density at radius 2 is 1.90 bits per heavy atom. The van der Waals surface area contributed by atoms with Gasteiger partial charge in [0.05, 0.1) is 6.54 Å². The van der Waals surface area contributed by atoms with Crippen LogP contribution in [0.1, 0.15) is 57.9 Å². The Kier molecular flexibility index (Phi) is 4.54. The fourth-order valence-electron chi connectivity index (χ4n) is 2.57.